The van der Waals surface area contributed by atoms with Crippen LogP contribution in [-0.2, 0) is 0 Å². The highest BCUT2D eigenvalue weighted by molar-refractivity contribution is 6.34. The average molecular weight is 377 g/mol. The van der Waals surface area contributed by atoms with Gasteiger partial charge in [0.05, 0.1) is 10.7 Å². The van der Waals surface area contributed by atoms with Crippen LogP contribution in [0, 0.1) is 0 Å². The number of rotatable bonds is 3. The first-order chi connectivity index (χ1) is 12.3. The second kappa shape index (κ2) is 7.15. The Bertz CT molecular complexity index is 767. The third-order valence-electron chi connectivity index (χ3n) is 4.72. The van der Waals surface area contributed by atoms with E-state index in [4.69, 9.17) is 23.1 Å². The van der Waals surface area contributed by atoms with Gasteiger partial charge in [-0.3, -0.25) is 9.69 Å². The van der Waals surface area contributed by atoms with Crippen LogP contribution in [0.5, 0.6) is 0 Å². The van der Waals surface area contributed by atoms with Gasteiger partial charge < -0.3 is 16.8 Å². The maximum Gasteiger partial charge on any atom is 0.251 e. The second-order valence-corrected chi connectivity index (χ2v) is 7.52. The van der Waals surface area contributed by atoms with Gasteiger partial charge in [0.2, 0.25) is 11.9 Å². The molecule has 1 aromatic rings. The number of benzene rings is 1. The number of carbonyl (C=O) groups excluding carboxylic acids is 1. The predicted octanol–water partition coefficient (Wildman–Crippen LogP) is 2.59. The van der Waals surface area contributed by atoms with Crippen LogP contribution in [0.4, 0.5) is 5.69 Å². The van der Waals surface area contributed by atoms with Crippen LogP contribution in [-0.4, -0.2) is 29.5 Å². The average Bonchev–Trinajstić information content (AvgIpc) is 2.55. The topological polar surface area (TPSA) is 109 Å². The number of guanidine groups is 2. The summed E-state index contributed by atoms with van der Waals surface area (Å²) in [6, 6.07) is 5.19. The molecular formula is C18H25ClN6O. The molecule has 1 saturated carbocycles. The summed E-state index contributed by atoms with van der Waals surface area (Å²) in [5.74, 6) is 0.277. The summed E-state index contributed by atoms with van der Waals surface area (Å²) in [6.45, 7) is 3.83. The number of hydrogen-bond donors (Lipinski definition) is 3. The van der Waals surface area contributed by atoms with E-state index in [1.165, 1.54) is 0 Å². The minimum absolute atomic E-state index is 0.0392. The van der Waals surface area contributed by atoms with Gasteiger partial charge in [-0.05, 0) is 57.7 Å². The molecule has 1 aromatic carbocycles. The van der Waals surface area contributed by atoms with E-state index in [1.54, 1.807) is 18.2 Å². The van der Waals surface area contributed by atoms with Crippen LogP contribution < -0.4 is 21.7 Å². The summed E-state index contributed by atoms with van der Waals surface area (Å²) in [5.41, 5.74) is 12.7. The molecule has 1 amide bonds. The molecule has 0 saturated heterocycles. The highest BCUT2D eigenvalue weighted by Crippen LogP contribution is 2.41. The van der Waals surface area contributed by atoms with Crippen LogP contribution >= 0.6 is 11.6 Å². The Kier molecular flexibility index (Phi) is 5.09. The molecule has 1 aliphatic carbocycles. The van der Waals surface area contributed by atoms with Gasteiger partial charge in [0.15, 0.2) is 0 Å². The molecule has 3 rings (SSSR count). The van der Waals surface area contributed by atoms with Gasteiger partial charge >= 0.3 is 0 Å². The number of carbonyl (C=O) groups is 1. The Balaban J connectivity index is 2.05. The van der Waals surface area contributed by atoms with Crippen LogP contribution in [0.1, 0.15) is 56.3 Å². The van der Waals surface area contributed by atoms with E-state index in [9.17, 15) is 4.79 Å². The molecule has 0 bridgehead atoms. The number of nitrogens with two attached hydrogens (primary N) is 2. The summed E-state index contributed by atoms with van der Waals surface area (Å²) >= 11 is 6.48. The van der Waals surface area contributed by atoms with Crippen molar-refractivity contribution in [1.82, 2.24) is 5.32 Å². The first-order valence-corrected chi connectivity index (χ1v) is 9.30. The largest absolute Gasteiger partial charge is 0.369 e. The molecule has 1 fully saturated rings. The lowest BCUT2D eigenvalue weighted by atomic mass is 9.87. The van der Waals surface area contributed by atoms with Crippen molar-refractivity contribution in [2.75, 3.05) is 4.90 Å². The van der Waals surface area contributed by atoms with Gasteiger partial charge in [-0.1, -0.05) is 18.0 Å². The third kappa shape index (κ3) is 3.49. The Labute approximate surface area is 158 Å². The normalized spacial score (nSPS) is 19.3. The fraction of sp³-hybridized carbons (Fsp3) is 0.500. The van der Waals surface area contributed by atoms with Gasteiger partial charge in [-0.25, -0.2) is 4.99 Å². The number of nitrogens with one attached hydrogen (secondary N) is 1. The van der Waals surface area contributed by atoms with Crippen molar-refractivity contribution in [3.8, 4) is 0 Å². The maximum atomic E-state index is 12.4. The Morgan fingerprint density at radius 1 is 1.27 bits per heavy atom. The highest BCUT2D eigenvalue weighted by Gasteiger charge is 2.43. The Morgan fingerprint density at radius 3 is 2.62 bits per heavy atom. The van der Waals surface area contributed by atoms with E-state index in [0.717, 1.165) is 32.1 Å². The number of aliphatic imine (C=N–C) groups is 2. The molecule has 1 spiro atoms. The Morgan fingerprint density at radius 2 is 1.96 bits per heavy atom. The smallest absolute Gasteiger partial charge is 0.251 e. The minimum atomic E-state index is -0.592. The second-order valence-electron chi connectivity index (χ2n) is 7.11. The van der Waals surface area contributed by atoms with Crippen molar-refractivity contribution < 1.29 is 4.79 Å². The van der Waals surface area contributed by atoms with Crippen LogP contribution in [0.3, 0.4) is 0 Å². The minimum Gasteiger partial charge on any atom is -0.369 e. The van der Waals surface area contributed by atoms with Crippen LogP contribution in [0.15, 0.2) is 28.2 Å². The molecule has 7 nitrogen and oxygen atoms in total. The number of anilines is 1. The van der Waals surface area contributed by atoms with E-state index in [-0.39, 0.29) is 23.9 Å². The summed E-state index contributed by atoms with van der Waals surface area (Å²) in [7, 11) is 0. The Hall–Kier alpha value is -2.28. The molecule has 8 heteroatoms. The predicted molar refractivity (Wildman–Crippen MR) is 106 cm³/mol. The number of halogens is 1. The van der Waals surface area contributed by atoms with Gasteiger partial charge in [0.25, 0.3) is 5.91 Å². The maximum absolute atomic E-state index is 12.4. The zero-order chi connectivity index (χ0) is 18.9. The number of hydrogen-bond acceptors (Lipinski definition) is 6. The number of nitrogens with zero attached hydrogens (tertiary/aromatic N) is 3. The van der Waals surface area contributed by atoms with Crippen LogP contribution in [0.2, 0.25) is 5.02 Å². The molecule has 26 heavy (non-hydrogen) atoms. The van der Waals surface area contributed by atoms with Crippen LogP contribution in [0.25, 0.3) is 0 Å². The lowest BCUT2D eigenvalue weighted by molar-refractivity contribution is 0.0943. The fourth-order valence-electron chi connectivity index (χ4n) is 3.64. The van der Waals surface area contributed by atoms with Crippen molar-refractivity contribution in [3.63, 3.8) is 0 Å². The van der Waals surface area contributed by atoms with E-state index < -0.39 is 5.66 Å². The lowest BCUT2D eigenvalue weighted by Crippen LogP contribution is -2.58. The molecule has 140 valence electrons. The van der Waals surface area contributed by atoms with E-state index in [1.807, 2.05) is 18.7 Å². The van der Waals surface area contributed by atoms with Gasteiger partial charge in [-0.15, -0.1) is 0 Å². The summed E-state index contributed by atoms with van der Waals surface area (Å²) < 4.78 is 0. The summed E-state index contributed by atoms with van der Waals surface area (Å²) in [6.07, 6.45) is 4.80. The van der Waals surface area contributed by atoms with Gasteiger partial charge in [-0.2, -0.15) is 4.99 Å². The van der Waals surface area contributed by atoms with E-state index >= 15 is 0 Å². The molecule has 1 aliphatic heterocycles. The molecule has 0 unspecified atom stereocenters. The molecule has 0 radical (unpaired) electrons. The molecular weight excluding hydrogens is 352 g/mol. The zero-order valence-electron chi connectivity index (χ0n) is 15.1. The lowest BCUT2D eigenvalue weighted by Gasteiger charge is -2.45. The standard InChI is InChI=1S/C18H25ClN6O/c1-11(2)22-15(26)12-6-7-13(19)14(10-12)25-17(21)23-16(20)24-18(25)8-4-3-5-9-18/h6-7,10-11H,3-5,8-9H2,1-2H3,(H,22,26)(H4,20,21,23,24). The van der Waals surface area contributed by atoms with Gasteiger partial charge in [0, 0.05) is 11.6 Å². The molecule has 0 aromatic heterocycles. The van der Waals surface area contributed by atoms with E-state index in [2.05, 4.69) is 15.3 Å². The van der Waals surface area contributed by atoms with Crippen molar-refractivity contribution in [3.05, 3.63) is 28.8 Å². The molecule has 5 N–H and O–H groups in total. The van der Waals surface area contributed by atoms with E-state index in [0.29, 0.717) is 16.3 Å². The molecule has 0 atom stereocenters. The zero-order valence-corrected chi connectivity index (χ0v) is 15.9. The summed E-state index contributed by atoms with van der Waals surface area (Å²) in [4.78, 5) is 23.0. The first-order valence-electron chi connectivity index (χ1n) is 8.92. The van der Waals surface area contributed by atoms with Crippen molar-refractivity contribution in [1.29, 1.82) is 0 Å². The van der Waals surface area contributed by atoms with Crippen molar-refractivity contribution >= 4 is 35.1 Å². The summed E-state index contributed by atoms with van der Waals surface area (Å²) in [5, 5.41) is 3.38. The third-order valence-corrected chi connectivity index (χ3v) is 5.04. The first kappa shape index (κ1) is 18.5. The quantitative estimate of drug-likeness (QED) is 0.753. The monoisotopic (exact) mass is 376 g/mol. The fourth-order valence-corrected chi connectivity index (χ4v) is 3.84. The van der Waals surface area contributed by atoms with Crippen molar-refractivity contribution in [2.24, 2.45) is 21.5 Å². The molecule has 2 aliphatic rings. The number of amides is 1. The van der Waals surface area contributed by atoms with Gasteiger partial charge in [0.1, 0.15) is 5.66 Å². The highest BCUT2D eigenvalue weighted by atomic mass is 35.5. The molecule has 1 heterocycles. The SMILES string of the molecule is CC(C)NC(=O)c1ccc(Cl)c(N2C(N)=NC(N)=NC23CCCCC3)c1. The van der Waals surface area contributed by atoms with Crippen molar-refractivity contribution in [2.45, 2.75) is 57.7 Å².